The molecular formula is C22H17ClFN3O2S. The third-order valence-electron chi connectivity index (χ3n) is 4.70. The normalized spacial score (nSPS) is 13.1. The zero-order valence-electron chi connectivity index (χ0n) is 15.8. The van der Waals surface area contributed by atoms with Gasteiger partial charge in [-0.15, -0.1) is 11.8 Å². The molecule has 3 aromatic rings. The molecule has 2 aromatic carbocycles. The molecule has 1 aliphatic heterocycles. The molecule has 0 saturated carbocycles. The van der Waals surface area contributed by atoms with Gasteiger partial charge in [-0.2, -0.15) is 0 Å². The van der Waals surface area contributed by atoms with Crippen LogP contribution in [0.3, 0.4) is 0 Å². The minimum Gasteiger partial charge on any atom is -0.346 e. The molecule has 0 saturated heterocycles. The Morgan fingerprint density at radius 2 is 2.07 bits per heavy atom. The molecule has 1 aliphatic rings. The summed E-state index contributed by atoms with van der Waals surface area (Å²) in [5, 5.41) is 3.08. The molecule has 8 heteroatoms. The fraction of sp³-hybridized carbons (Fsp3) is 0.136. The molecular weight excluding hydrogens is 425 g/mol. The molecule has 0 radical (unpaired) electrons. The van der Waals surface area contributed by atoms with Crippen LogP contribution in [0, 0.1) is 5.82 Å². The van der Waals surface area contributed by atoms with E-state index < -0.39 is 5.82 Å². The van der Waals surface area contributed by atoms with Crippen molar-refractivity contribution in [2.45, 2.75) is 18.0 Å². The summed E-state index contributed by atoms with van der Waals surface area (Å²) in [5.41, 5.74) is 1.96. The number of benzene rings is 2. The highest BCUT2D eigenvalue weighted by Gasteiger charge is 2.27. The number of carbonyl (C=O) groups is 2. The van der Waals surface area contributed by atoms with E-state index in [2.05, 4.69) is 10.3 Å². The van der Waals surface area contributed by atoms with E-state index in [0.29, 0.717) is 17.8 Å². The number of nitrogens with zero attached hydrogens (tertiary/aromatic N) is 2. The van der Waals surface area contributed by atoms with Crippen molar-refractivity contribution in [2.75, 3.05) is 10.7 Å². The molecule has 0 aliphatic carbocycles. The van der Waals surface area contributed by atoms with Crippen molar-refractivity contribution in [2.24, 2.45) is 0 Å². The number of halogens is 2. The molecule has 0 bridgehead atoms. The summed E-state index contributed by atoms with van der Waals surface area (Å²) in [6, 6.07) is 15.1. The number of thioether (sulfide) groups is 1. The Kier molecular flexibility index (Phi) is 6.01. The van der Waals surface area contributed by atoms with E-state index >= 15 is 0 Å². The number of carbonyl (C=O) groups excluding carboxylic acids is 2. The number of amides is 2. The fourth-order valence-electron chi connectivity index (χ4n) is 3.13. The van der Waals surface area contributed by atoms with Crippen molar-refractivity contribution < 1.29 is 14.0 Å². The van der Waals surface area contributed by atoms with Gasteiger partial charge in [0.25, 0.3) is 5.91 Å². The van der Waals surface area contributed by atoms with Gasteiger partial charge < -0.3 is 10.2 Å². The summed E-state index contributed by atoms with van der Waals surface area (Å²) >= 11 is 7.54. The number of pyridine rings is 1. The number of nitrogens with one attached hydrogen (secondary N) is 1. The van der Waals surface area contributed by atoms with Crippen LogP contribution in [0.2, 0.25) is 5.02 Å². The maximum absolute atomic E-state index is 14.3. The maximum Gasteiger partial charge on any atom is 0.251 e. The Bertz CT molecular complexity index is 1090. The largest absolute Gasteiger partial charge is 0.346 e. The number of hydrogen-bond acceptors (Lipinski definition) is 4. The summed E-state index contributed by atoms with van der Waals surface area (Å²) in [5.74, 6) is -0.683. The van der Waals surface area contributed by atoms with Gasteiger partial charge in [0.05, 0.1) is 30.2 Å². The first-order valence-electron chi connectivity index (χ1n) is 9.21. The lowest BCUT2D eigenvalue weighted by atomic mass is 10.1. The van der Waals surface area contributed by atoms with Crippen molar-refractivity contribution in [3.05, 3.63) is 88.5 Å². The topological polar surface area (TPSA) is 62.3 Å². The van der Waals surface area contributed by atoms with E-state index in [1.54, 1.807) is 36.5 Å². The summed E-state index contributed by atoms with van der Waals surface area (Å²) in [4.78, 5) is 31.7. The number of rotatable bonds is 5. The zero-order chi connectivity index (χ0) is 21.1. The van der Waals surface area contributed by atoms with Gasteiger partial charge in [0, 0.05) is 27.2 Å². The molecule has 1 N–H and O–H groups in total. The van der Waals surface area contributed by atoms with Crippen LogP contribution in [0.4, 0.5) is 10.1 Å². The SMILES string of the molecule is O=C(NCc1ccccn1)c1ccc2c(c1)N(Cc1c(F)cccc1Cl)C(=O)CS2. The van der Waals surface area contributed by atoms with Crippen LogP contribution in [0.15, 0.2) is 65.7 Å². The standard InChI is InChI=1S/C22H17ClFN3O2S/c23-17-5-3-6-18(24)16(17)12-27-19-10-14(7-8-20(19)30-13-21(27)28)22(29)26-11-15-4-1-2-9-25-15/h1-10H,11-13H2,(H,26,29). The Hall–Kier alpha value is -2.90. The predicted molar refractivity (Wildman–Crippen MR) is 115 cm³/mol. The molecule has 5 nitrogen and oxygen atoms in total. The minimum absolute atomic E-state index is 0.00307. The van der Waals surface area contributed by atoms with Crippen molar-refractivity contribution in [1.82, 2.24) is 10.3 Å². The van der Waals surface area contributed by atoms with Crippen molar-refractivity contribution in [3.63, 3.8) is 0 Å². The third-order valence-corrected chi connectivity index (χ3v) is 6.10. The molecule has 2 heterocycles. The van der Waals surface area contributed by atoms with E-state index in [0.717, 1.165) is 10.6 Å². The van der Waals surface area contributed by atoms with Crippen LogP contribution in [0.1, 0.15) is 21.6 Å². The molecule has 0 atom stereocenters. The lowest BCUT2D eigenvalue weighted by Crippen LogP contribution is -2.35. The van der Waals surface area contributed by atoms with Gasteiger partial charge in [0.15, 0.2) is 0 Å². The van der Waals surface area contributed by atoms with Gasteiger partial charge in [-0.05, 0) is 42.5 Å². The van der Waals surface area contributed by atoms with E-state index in [9.17, 15) is 14.0 Å². The Morgan fingerprint density at radius 1 is 1.20 bits per heavy atom. The zero-order valence-corrected chi connectivity index (χ0v) is 17.3. The van der Waals surface area contributed by atoms with Gasteiger partial charge >= 0.3 is 0 Å². The van der Waals surface area contributed by atoms with Crippen molar-refractivity contribution in [1.29, 1.82) is 0 Å². The highest BCUT2D eigenvalue weighted by Crippen LogP contribution is 2.37. The smallest absolute Gasteiger partial charge is 0.251 e. The van der Waals surface area contributed by atoms with Crippen molar-refractivity contribution >= 4 is 40.9 Å². The average molecular weight is 442 g/mol. The summed E-state index contributed by atoms with van der Waals surface area (Å²) in [7, 11) is 0. The molecule has 0 fully saturated rings. The van der Waals surface area contributed by atoms with Crippen LogP contribution < -0.4 is 10.2 Å². The third kappa shape index (κ3) is 4.32. The van der Waals surface area contributed by atoms with Crippen LogP contribution >= 0.6 is 23.4 Å². The second kappa shape index (κ2) is 8.85. The second-order valence-electron chi connectivity index (χ2n) is 6.66. The molecule has 30 heavy (non-hydrogen) atoms. The number of fused-ring (bicyclic) bond motifs is 1. The second-order valence-corrected chi connectivity index (χ2v) is 8.08. The highest BCUT2D eigenvalue weighted by molar-refractivity contribution is 8.00. The van der Waals surface area contributed by atoms with E-state index in [4.69, 9.17) is 11.6 Å². The Labute approximate surface area is 182 Å². The summed E-state index contributed by atoms with van der Waals surface area (Å²) in [6.45, 7) is 0.288. The molecule has 2 amide bonds. The maximum atomic E-state index is 14.3. The molecule has 4 rings (SSSR count). The molecule has 152 valence electrons. The van der Waals surface area contributed by atoms with Crippen LogP contribution in [0.25, 0.3) is 0 Å². The quantitative estimate of drug-likeness (QED) is 0.635. The van der Waals surface area contributed by atoms with E-state index in [1.807, 2.05) is 12.1 Å². The van der Waals surface area contributed by atoms with Crippen LogP contribution in [0.5, 0.6) is 0 Å². The Balaban J connectivity index is 1.59. The number of anilines is 1. The van der Waals surface area contributed by atoms with E-state index in [1.165, 1.54) is 28.8 Å². The molecule has 0 spiro atoms. The number of aromatic nitrogens is 1. The molecule has 0 unspecified atom stereocenters. The lowest BCUT2D eigenvalue weighted by Gasteiger charge is -2.30. The molecule has 1 aromatic heterocycles. The lowest BCUT2D eigenvalue weighted by molar-refractivity contribution is -0.116. The van der Waals surface area contributed by atoms with Crippen LogP contribution in [-0.4, -0.2) is 22.6 Å². The van der Waals surface area contributed by atoms with Crippen molar-refractivity contribution in [3.8, 4) is 0 Å². The van der Waals surface area contributed by atoms with Gasteiger partial charge in [-0.3, -0.25) is 14.6 Å². The first kappa shape index (κ1) is 20.4. The first-order valence-corrected chi connectivity index (χ1v) is 10.6. The monoisotopic (exact) mass is 441 g/mol. The van der Waals surface area contributed by atoms with E-state index in [-0.39, 0.29) is 34.7 Å². The predicted octanol–water partition coefficient (Wildman–Crippen LogP) is 4.44. The highest BCUT2D eigenvalue weighted by atomic mass is 35.5. The van der Waals surface area contributed by atoms with Gasteiger partial charge in [0.2, 0.25) is 5.91 Å². The summed E-state index contributed by atoms with van der Waals surface area (Å²) in [6.07, 6.45) is 1.66. The van der Waals surface area contributed by atoms with Gasteiger partial charge in [-0.25, -0.2) is 4.39 Å². The van der Waals surface area contributed by atoms with Crippen LogP contribution in [-0.2, 0) is 17.9 Å². The average Bonchev–Trinajstić information content (AvgIpc) is 2.76. The first-order chi connectivity index (χ1) is 14.5. The van der Waals surface area contributed by atoms with Gasteiger partial charge in [-0.1, -0.05) is 23.7 Å². The summed E-state index contributed by atoms with van der Waals surface area (Å²) < 4.78 is 14.3. The minimum atomic E-state index is -0.473. The van der Waals surface area contributed by atoms with Gasteiger partial charge in [0.1, 0.15) is 5.82 Å². The fourth-order valence-corrected chi connectivity index (χ4v) is 4.27. The Morgan fingerprint density at radius 3 is 2.83 bits per heavy atom. The number of hydrogen-bond donors (Lipinski definition) is 1.